The highest BCUT2D eigenvalue weighted by atomic mass is 35.5. The first kappa shape index (κ1) is 14.6. The van der Waals surface area contributed by atoms with Crippen LogP contribution in [0.25, 0.3) is 5.76 Å². The van der Waals surface area contributed by atoms with E-state index in [-0.39, 0.29) is 17.9 Å². The highest BCUT2D eigenvalue weighted by Gasteiger charge is 2.44. The second kappa shape index (κ2) is 4.94. The quantitative estimate of drug-likeness (QED) is 0.672. The van der Waals surface area contributed by atoms with Crippen molar-refractivity contribution < 1.29 is 19.4 Å². The van der Waals surface area contributed by atoms with Crippen LogP contribution in [0.3, 0.4) is 0 Å². The number of hydrogen-bond acceptors (Lipinski definition) is 4. The number of ether oxygens (including phenoxy) is 1. The molecule has 0 aliphatic heterocycles. The van der Waals surface area contributed by atoms with Gasteiger partial charge in [-0.15, -0.1) is 0 Å². The smallest absolute Gasteiger partial charge is 0.345 e. The zero-order valence-corrected chi connectivity index (χ0v) is 12.2. The summed E-state index contributed by atoms with van der Waals surface area (Å²) in [4.78, 5) is 24.4. The second-order valence-electron chi connectivity index (χ2n) is 5.06. The number of esters is 1. The Bertz CT molecular complexity index is 629. The Morgan fingerprint density at radius 2 is 2.05 bits per heavy atom. The van der Waals surface area contributed by atoms with Gasteiger partial charge in [-0.3, -0.25) is 4.79 Å². The maximum Gasteiger partial charge on any atom is 0.345 e. The zero-order chi connectivity index (χ0) is 15.1. The normalized spacial score (nSPS) is 16.9. The van der Waals surface area contributed by atoms with Crippen molar-refractivity contribution in [3.8, 4) is 0 Å². The van der Waals surface area contributed by atoms with Crippen LogP contribution < -0.4 is 0 Å². The molecule has 0 fully saturated rings. The van der Waals surface area contributed by atoms with Crippen molar-refractivity contribution in [1.82, 2.24) is 0 Å². The zero-order valence-electron chi connectivity index (χ0n) is 11.5. The van der Waals surface area contributed by atoms with Gasteiger partial charge in [0.15, 0.2) is 5.78 Å². The minimum absolute atomic E-state index is 0.131. The topological polar surface area (TPSA) is 63.6 Å². The van der Waals surface area contributed by atoms with E-state index in [0.29, 0.717) is 16.1 Å². The minimum Gasteiger partial charge on any atom is -0.506 e. The fraction of sp³-hybridized carbons (Fsp3) is 0.333. The fourth-order valence-corrected chi connectivity index (χ4v) is 2.83. The number of Topliss-reactive ketones (excluding diaryl/α,β-unsaturated/α-hetero) is 1. The van der Waals surface area contributed by atoms with Crippen molar-refractivity contribution in [1.29, 1.82) is 0 Å². The van der Waals surface area contributed by atoms with Crippen LogP contribution >= 0.6 is 11.6 Å². The number of hydrogen-bond donors (Lipinski definition) is 1. The van der Waals surface area contributed by atoms with Crippen molar-refractivity contribution >= 4 is 29.1 Å². The van der Waals surface area contributed by atoms with E-state index in [1.807, 2.05) is 0 Å². The average Bonchev–Trinajstić information content (AvgIpc) is 2.37. The largest absolute Gasteiger partial charge is 0.506 e. The van der Waals surface area contributed by atoms with Crippen LogP contribution in [-0.2, 0) is 19.7 Å². The Labute approximate surface area is 122 Å². The third-order valence-electron chi connectivity index (χ3n) is 3.40. The number of carbonyl (C=O) groups is 2. The predicted octanol–water partition coefficient (Wildman–Crippen LogP) is 3.03. The van der Waals surface area contributed by atoms with E-state index in [0.717, 1.165) is 0 Å². The van der Waals surface area contributed by atoms with E-state index in [4.69, 9.17) is 16.3 Å². The molecule has 4 nitrogen and oxygen atoms in total. The molecule has 20 heavy (non-hydrogen) atoms. The maximum atomic E-state index is 12.5. The SMILES string of the molecule is CCOC(=O)C1=C(O)c2cccc(Cl)c2C(C)(C)C1=O. The van der Waals surface area contributed by atoms with Crippen LogP contribution in [0.1, 0.15) is 31.9 Å². The second-order valence-corrected chi connectivity index (χ2v) is 5.47. The van der Waals surface area contributed by atoms with Crippen LogP contribution in [-0.4, -0.2) is 23.5 Å². The molecule has 0 unspecified atom stereocenters. The third-order valence-corrected chi connectivity index (χ3v) is 3.72. The first-order valence-corrected chi connectivity index (χ1v) is 6.64. The molecule has 0 heterocycles. The molecule has 1 aromatic rings. The summed E-state index contributed by atoms with van der Waals surface area (Å²) in [6, 6.07) is 4.94. The molecule has 2 rings (SSSR count). The lowest BCUT2D eigenvalue weighted by Crippen LogP contribution is -2.38. The molecule has 1 aromatic carbocycles. The van der Waals surface area contributed by atoms with E-state index in [9.17, 15) is 14.7 Å². The van der Waals surface area contributed by atoms with E-state index in [2.05, 4.69) is 0 Å². The Morgan fingerprint density at radius 1 is 1.40 bits per heavy atom. The first-order valence-electron chi connectivity index (χ1n) is 6.26. The summed E-state index contributed by atoms with van der Waals surface area (Å²) >= 11 is 6.14. The molecule has 1 N–H and O–H groups in total. The predicted molar refractivity (Wildman–Crippen MR) is 75.7 cm³/mol. The molecule has 0 bridgehead atoms. The number of aliphatic hydroxyl groups is 1. The summed E-state index contributed by atoms with van der Waals surface area (Å²) in [5.74, 6) is -1.67. The molecule has 0 radical (unpaired) electrons. The van der Waals surface area contributed by atoms with Crippen molar-refractivity contribution in [2.45, 2.75) is 26.2 Å². The summed E-state index contributed by atoms with van der Waals surface area (Å²) in [6.45, 7) is 5.11. The molecule has 1 aliphatic carbocycles. The molecule has 0 spiro atoms. The Kier molecular flexibility index (Phi) is 3.61. The summed E-state index contributed by atoms with van der Waals surface area (Å²) in [5, 5.41) is 10.6. The molecular formula is C15H15ClO4. The highest BCUT2D eigenvalue weighted by molar-refractivity contribution is 6.34. The molecule has 0 aromatic heterocycles. The minimum atomic E-state index is -0.998. The molecule has 0 atom stereocenters. The lowest BCUT2D eigenvalue weighted by molar-refractivity contribution is -0.140. The van der Waals surface area contributed by atoms with Crippen molar-refractivity contribution in [3.05, 3.63) is 39.9 Å². The molecule has 0 amide bonds. The van der Waals surface area contributed by atoms with E-state index < -0.39 is 17.2 Å². The van der Waals surface area contributed by atoms with Gasteiger partial charge in [0.25, 0.3) is 0 Å². The number of aliphatic hydroxyl groups excluding tert-OH is 1. The van der Waals surface area contributed by atoms with Crippen LogP contribution in [0.15, 0.2) is 23.8 Å². The number of carbonyl (C=O) groups excluding carboxylic acids is 2. The lowest BCUT2D eigenvalue weighted by atomic mass is 9.71. The number of halogens is 1. The van der Waals surface area contributed by atoms with E-state index in [1.54, 1.807) is 39.0 Å². The summed E-state index contributed by atoms with van der Waals surface area (Å²) in [7, 11) is 0. The average molecular weight is 295 g/mol. The summed E-state index contributed by atoms with van der Waals surface area (Å²) in [6.07, 6.45) is 0. The van der Waals surface area contributed by atoms with Gasteiger partial charge in [0.1, 0.15) is 11.3 Å². The molecular weight excluding hydrogens is 280 g/mol. The van der Waals surface area contributed by atoms with Gasteiger partial charge in [-0.1, -0.05) is 23.7 Å². The van der Waals surface area contributed by atoms with E-state index in [1.165, 1.54) is 0 Å². The molecule has 0 saturated heterocycles. The molecule has 5 heteroatoms. The van der Waals surface area contributed by atoms with E-state index >= 15 is 0 Å². The Balaban J connectivity index is 2.74. The fourth-order valence-electron chi connectivity index (χ4n) is 2.42. The maximum absolute atomic E-state index is 12.5. The van der Waals surface area contributed by atoms with Crippen molar-refractivity contribution in [2.75, 3.05) is 6.61 Å². The third kappa shape index (κ3) is 2.00. The van der Waals surface area contributed by atoms with Crippen LogP contribution in [0.2, 0.25) is 5.02 Å². The Hall–Kier alpha value is -1.81. The number of ketones is 1. The first-order chi connectivity index (χ1) is 9.32. The lowest BCUT2D eigenvalue weighted by Gasteiger charge is -2.32. The van der Waals surface area contributed by atoms with Gasteiger partial charge in [0.2, 0.25) is 0 Å². The van der Waals surface area contributed by atoms with Crippen LogP contribution in [0.4, 0.5) is 0 Å². The van der Waals surface area contributed by atoms with Crippen molar-refractivity contribution in [2.24, 2.45) is 0 Å². The number of rotatable bonds is 2. The van der Waals surface area contributed by atoms with Gasteiger partial charge < -0.3 is 9.84 Å². The highest BCUT2D eigenvalue weighted by Crippen LogP contribution is 2.42. The van der Waals surface area contributed by atoms with Gasteiger partial charge in [-0.2, -0.15) is 0 Å². The standard InChI is InChI=1S/C15H15ClO4/c1-4-20-14(19)10-12(17)8-6-5-7-9(16)11(8)15(2,3)13(10)18/h5-7,17H,4H2,1-3H3. The van der Waals surface area contributed by atoms with Gasteiger partial charge in [0.05, 0.1) is 12.0 Å². The van der Waals surface area contributed by atoms with Gasteiger partial charge in [0, 0.05) is 10.6 Å². The van der Waals surface area contributed by atoms with Crippen LogP contribution in [0, 0.1) is 0 Å². The molecule has 0 saturated carbocycles. The van der Waals surface area contributed by atoms with Gasteiger partial charge >= 0.3 is 5.97 Å². The van der Waals surface area contributed by atoms with Crippen molar-refractivity contribution in [3.63, 3.8) is 0 Å². The summed E-state index contributed by atoms with van der Waals surface area (Å²) < 4.78 is 4.85. The van der Waals surface area contributed by atoms with Crippen LogP contribution in [0.5, 0.6) is 0 Å². The monoisotopic (exact) mass is 294 g/mol. The number of fused-ring (bicyclic) bond motifs is 1. The number of benzene rings is 1. The summed E-state index contributed by atoms with van der Waals surface area (Å²) in [5.41, 5.74) is -0.392. The Morgan fingerprint density at radius 3 is 2.65 bits per heavy atom. The van der Waals surface area contributed by atoms with Gasteiger partial charge in [-0.25, -0.2) is 4.79 Å². The molecule has 1 aliphatic rings. The molecule has 106 valence electrons. The van der Waals surface area contributed by atoms with Gasteiger partial charge in [-0.05, 0) is 32.4 Å².